The average molecular weight is 528 g/mol. The van der Waals surface area contributed by atoms with Crippen molar-refractivity contribution >= 4 is 39.1 Å². The Labute approximate surface area is 211 Å². The average Bonchev–Trinajstić information content (AvgIpc) is 2.75. The van der Waals surface area contributed by atoms with Crippen LogP contribution in [0, 0.1) is 5.82 Å². The number of halogens is 2. The van der Waals surface area contributed by atoms with Crippen molar-refractivity contribution in [2.45, 2.75) is 45.8 Å². The molecule has 0 spiro atoms. The quantitative estimate of drug-likeness (QED) is 0.537. The molecule has 0 aromatic heterocycles. The zero-order chi connectivity index (χ0) is 26.6. The summed E-state index contributed by atoms with van der Waals surface area (Å²) in [6.07, 6.45) is 0.932. The summed E-state index contributed by atoms with van der Waals surface area (Å²) in [5.41, 5.74) is 0.206. The summed E-state index contributed by atoms with van der Waals surface area (Å²) in [5, 5.41) is 2.56. The van der Waals surface area contributed by atoms with Crippen LogP contribution < -0.4 is 14.4 Å². The maximum absolute atomic E-state index is 13.6. The molecule has 0 bridgehead atoms. The van der Waals surface area contributed by atoms with Gasteiger partial charge in [-0.15, -0.1) is 0 Å². The van der Waals surface area contributed by atoms with Gasteiger partial charge in [-0.25, -0.2) is 12.8 Å². The number of amides is 2. The first-order valence-corrected chi connectivity index (χ1v) is 13.0. The van der Waals surface area contributed by atoms with Crippen LogP contribution in [0.4, 0.5) is 10.1 Å². The van der Waals surface area contributed by atoms with Gasteiger partial charge in [-0.2, -0.15) is 0 Å². The van der Waals surface area contributed by atoms with Crippen molar-refractivity contribution < 1.29 is 27.1 Å². The van der Waals surface area contributed by atoms with Gasteiger partial charge < -0.3 is 15.0 Å². The Hall–Kier alpha value is -2.85. The van der Waals surface area contributed by atoms with Gasteiger partial charge in [0.25, 0.3) is 0 Å². The lowest BCUT2D eigenvalue weighted by atomic mass is 10.1. The number of rotatable bonds is 9. The molecule has 1 N–H and O–H groups in total. The first kappa shape index (κ1) is 28.4. The zero-order valence-corrected chi connectivity index (χ0v) is 22.2. The van der Waals surface area contributed by atoms with E-state index in [1.807, 2.05) is 20.8 Å². The Kier molecular flexibility index (Phi) is 9.13. The van der Waals surface area contributed by atoms with Crippen molar-refractivity contribution in [3.63, 3.8) is 0 Å². The van der Waals surface area contributed by atoms with Crippen molar-refractivity contribution in [2.24, 2.45) is 0 Å². The van der Waals surface area contributed by atoms with E-state index in [4.69, 9.17) is 16.3 Å². The maximum atomic E-state index is 13.6. The monoisotopic (exact) mass is 527 g/mol. The smallest absolute Gasteiger partial charge is 0.244 e. The van der Waals surface area contributed by atoms with Crippen molar-refractivity contribution in [3.8, 4) is 5.75 Å². The van der Waals surface area contributed by atoms with E-state index in [0.29, 0.717) is 11.3 Å². The molecule has 2 rings (SSSR count). The maximum Gasteiger partial charge on any atom is 0.244 e. The molecule has 2 aromatic rings. The molecule has 0 radical (unpaired) electrons. The van der Waals surface area contributed by atoms with E-state index in [1.165, 1.54) is 18.1 Å². The van der Waals surface area contributed by atoms with Gasteiger partial charge in [-0.05, 0) is 63.6 Å². The Morgan fingerprint density at radius 3 is 2.23 bits per heavy atom. The normalized spacial score (nSPS) is 12.6. The fourth-order valence-electron chi connectivity index (χ4n) is 3.24. The molecular weight excluding hydrogens is 497 g/mol. The molecule has 192 valence electrons. The van der Waals surface area contributed by atoms with Gasteiger partial charge in [0.1, 0.15) is 24.2 Å². The van der Waals surface area contributed by atoms with E-state index in [-0.39, 0.29) is 17.3 Å². The van der Waals surface area contributed by atoms with E-state index >= 15 is 0 Å². The number of anilines is 1. The van der Waals surface area contributed by atoms with Gasteiger partial charge in [-0.1, -0.05) is 23.7 Å². The molecule has 1 atom stereocenters. The third-order valence-electron chi connectivity index (χ3n) is 5.05. The molecule has 0 unspecified atom stereocenters. The summed E-state index contributed by atoms with van der Waals surface area (Å²) in [6, 6.07) is 9.41. The van der Waals surface area contributed by atoms with Gasteiger partial charge in [-0.3, -0.25) is 13.9 Å². The Morgan fingerprint density at radius 1 is 1.14 bits per heavy atom. The second-order valence-corrected chi connectivity index (χ2v) is 11.5. The highest BCUT2D eigenvalue weighted by molar-refractivity contribution is 7.92. The van der Waals surface area contributed by atoms with Gasteiger partial charge in [0.2, 0.25) is 21.8 Å². The summed E-state index contributed by atoms with van der Waals surface area (Å²) in [7, 11) is -2.41. The largest absolute Gasteiger partial charge is 0.497 e. The second kappa shape index (κ2) is 11.3. The lowest BCUT2D eigenvalue weighted by Crippen LogP contribution is -2.54. The topological polar surface area (TPSA) is 96.0 Å². The zero-order valence-electron chi connectivity index (χ0n) is 20.6. The minimum absolute atomic E-state index is 0.0310. The van der Waals surface area contributed by atoms with Crippen LogP contribution in [0.3, 0.4) is 0 Å². The SMILES string of the molecule is COc1ccc(CN(C(=O)CN(c2ccc(F)c(Cl)c2)S(C)(=O)=O)[C@@H](C)C(=O)NC(C)(C)C)cc1. The van der Waals surface area contributed by atoms with E-state index < -0.39 is 45.8 Å². The third-order valence-corrected chi connectivity index (χ3v) is 6.48. The van der Waals surface area contributed by atoms with Gasteiger partial charge in [0.15, 0.2) is 0 Å². The fraction of sp³-hybridized carbons (Fsp3) is 0.417. The van der Waals surface area contributed by atoms with Crippen LogP contribution in [0.25, 0.3) is 0 Å². The highest BCUT2D eigenvalue weighted by Crippen LogP contribution is 2.25. The number of hydrogen-bond acceptors (Lipinski definition) is 5. The van der Waals surface area contributed by atoms with E-state index in [2.05, 4.69) is 5.32 Å². The Balaban J connectivity index is 2.42. The van der Waals surface area contributed by atoms with Crippen LogP contribution in [-0.4, -0.2) is 56.6 Å². The van der Waals surface area contributed by atoms with Crippen LogP contribution in [0.1, 0.15) is 33.3 Å². The minimum atomic E-state index is -3.95. The highest BCUT2D eigenvalue weighted by atomic mass is 35.5. The van der Waals surface area contributed by atoms with Crippen molar-refractivity contribution in [1.29, 1.82) is 0 Å². The standard InChI is InChI=1S/C24H31ClFN3O5S/c1-16(23(31)27-24(2,3)4)28(14-17-7-10-19(34-5)11-8-17)22(30)15-29(35(6,32)33)18-9-12-21(26)20(25)13-18/h7-13,16H,14-15H2,1-6H3,(H,27,31)/t16-/m0/s1. The van der Waals surface area contributed by atoms with E-state index in [1.54, 1.807) is 31.2 Å². The van der Waals surface area contributed by atoms with E-state index in [0.717, 1.165) is 22.7 Å². The number of methoxy groups -OCH3 is 1. The van der Waals surface area contributed by atoms with Crippen LogP contribution in [0.15, 0.2) is 42.5 Å². The summed E-state index contributed by atoms with van der Waals surface area (Å²) in [5.74, 6) is -1.11. The predicted octanol–water partition coefficient (Wildman–Crippen LogP) is 3.59. The molecule has 0 aliphatic carbocycles. The number of nitrogens with zero attached hydrogens (tertiary/aromatic N) is 2. The number of ether oxygens (including phenoxy) is 1. The fourth-order valence-corrected chi connectivity index (χ4v) is 4.25. The molecule has 0 aliphatic heterocycles. The number of carbonyl (C=O) groups is 2. The van der Waals surface area contributed by atoms with Crippen LogP contribution in [0.5, 0.6) is 5.75 Å². The number of hydrogen-bond donors (Lipinski definition) is 1. The van der Waals surface area contributed by atoms with Gasteiger partial charge in [0, 0.05) is 12.1 Å². The van der Waals surface area contributed by atoms with Crippen LogP contribution >= 0.6 is 11.6 Å². The van der Waals surface area contributed by atoms with Crippen molar-refractivity contribution in [3.05, 3.63) is 58.9 Å². The Morgan fingerprint density at radius 2 is 1.74 bits per heavy atom. The predicted molar refractivity (Wildman–Crippen MR) is 135 cm³/mol. The highest BCUT2D eigenvalue weighted by Gasteiger charge is 2.31. The molecule has 2 aromatic carbocycles. The number of nitrogens with one attached hydrogen (secondary N) is 1. The first-order valence-electron chi connectivity index (χ1n) is 10.8. The number of sulfonamides is 1. The molecule has 0 heterocycles. The third kappa shape index (κ3) is 8.10. The summed E-state index contributed by atoms with van der Waals surface area (Å²) >= 11 is 5.84. The van der Waals surface area contributed by atoms with E-state index in [9.17, 15) is 22.4 Å². The molecule has 8 nitrogen and oxygen atoms in total. The van der Waals surface area contributed by atoms with Gasteiger partial charge >= 0.3 is 0 Å². The molecule has 11 heteroatoms. The molecular formula is C24H31ClFN3O5S. The molecule has 0 saturated heterocycles. The molecule has 35 heavy (non-hydrogen) atoms. The minimum Gasteiger partial charge on any atom is -0.497 e. The van der Waals surface area contributed by atoms with Crippen LogP contribution in [0.2, 0.25) is 5.02 Å². The van der Waals surface area contributed by atoms with Gasteiger partial charge in [0.05, 0.1) is 24.1 Å². The number of benzene rings is 2. The van der Waals surface area contributed by atoms with Crippen molar-refractivity contribution in [2.75, 3.05) is 24.2 Å². The molecule has 0 fully saturated rings. The lowest BCUT2D eigenvalue weighted by Gasteiger charge is -2.33. The number of carbonyl (C=O) groups excluding carboxylic acids is 2. The van der Waals surface area contributed by atoms with Crippen molar-refractivity contribution in [1.82, 2.24) is 10.2 Å². The van der Waals surface area contributed by atoms with Crippen LogP contribution in [-0.2, 0) is 26.2 Å². The first-order chi connectivity index (χ1) is 16.1. The molecule has 0 saturated carbocycles. The Bertz CT molecular complexity index is 1170. The second-order valence-electron chi connectivity index (χ2n) is 9.15. The summed E-state index contributed by atoms with van der Waals surface area (Å²) < 4.78 is 44.7. The summed E-state index contributed by atoms with van der Waals surface area (Å²) in [4.78, 5) is 27.7. The molecule has 2 amide bonds. The summed E-state index contributed by atoms with van der Waals surface area (Å²) in [6.45, 7) is 6.46. The molecule has 0 aliphatic rings. The lowest BCUT2D eigenvalue weighted by molar-refractivity contribution is -0.140.